The Labute approximate surface area is 145 Å². The van der Waals surface area contributed by atoms with E-state index < -0.39 is 10.8 Å². The average molecular weight is 349 g/mol. The number of hydrogen-bond acceptors (Lipinski definition) is 2. The topological polar surface area (TPSA) is 32.7 Å². The van der Waals surface area contributed by atoms with E-state index >= 15 is 0 Å². The summed E-state index contributed by atoms with van der Waals surface area (Å²) < 4.78 is 12.9. The first-order chi connectivity index (χ1) is 10.9. The number of aliphatic imine (C=N–C) groups is 1. The molecule has 0 bridgehead atoms. The van der Waals surface area contributed by atoms with Gasteiger partial charge in [0.05, 0.1) is 27.8 Å². The first-order valence-electron chi connectivity index (χ1n) is 7.46. The predicted octanol–water partition coefficient (Wildman–Crippen LogP) is 4.74. The standard InChI is InChI=1S/C18H21ClN2OS/c1-5-21(4)12-20-16-10-14(3)18(11-15(16)19)23(22)17-9-7-6-8-13(17)2/h6-12H,5H2,1-4H3. The molecule has 2 aromatic carbocycles. The second-order valence-electron chi connectivity index (χ2n) is 5.42. The highest BCUT2D eigenvalue weighted by Crippen LogP contribution is 2.32. The minimum atomic E-state index is -1.25. The third kappa shape index (κ3) is 4.21. The molecule has 0 radical (unpaired) electrons. The Hall–Kier alpha value is -1.65. The maximum atomic E-state index is 12.9. The SMILES string of the molecule is CCN(C)C=Nc1cc(C)c(S(=O)c2ccccc2C)cc1Cl. The third-order valence-corrected chi connectivity index (χ3v) is 5.63. The molecule has 23 heavy (non-hydrogen) atoms. The maximum absolute atomic E-state index is 12.9. The predicted molar refractivity (Wildman–Crippen MR) is 98.5 cm³/mol. The van der Waals surface area contributed by atoms with Crippen LogP contribution in [0.4, 0.5) is 5.69 Å². The molecule has 1 unspecified atom stereocenters. The Morgan fingerprint density at radius 2 is 1.87 bits per heavy atom. The van der Waals surface area contributed by atoms with Gasteiger partial charge in [-0.3, -0.25) is 0 Å². The molecule has 1 atom stereocenters. The van der Waals surface area contributed by atoms with Crippen molar-refractivity contribution < 1.29 is 4.21 Å². The Morgan fingerprint density at radius 3 is 2.52 bits per heavy atom. The molecule has 2 aromatic rings. The van der Waals surface area contributed by atoms with Crippen molar-refractivity contribution in [1.82, 2.24) is 4.90 Å². The van der Waals surface area contributed by atoms with Gasteiger partial charge in [0.1, 0.15) is 0 Å². The van der Waals surface area contributed by atoms with Gasteiger partial charge in [-0.1, -0.05) is 29.8 Å². The normalized spacial score (nSPS) is 12.6. The van der Waals surface area contributed by atoms with Gasteiger partial charge in [-0.25, -0.2) is 9.20 Å². The third-order valence-electron chi connectivity index (χ3n) is 3.63. The molecule has 3 nitrogen and oxygen atoms in total. The van der Waals surface area contributed by atoms with Crippen molar-refractivity contribution in [2.45, 2.75) is 30.6 Å². The molecule has 0 aliphatic heterocycles. The molecule has 0 amide bonds. The molecule has 0 N–H and O–H groups in total. The Morgan fingerprint density at radius 1 is 1.17 bits per heavy atom. The van der Waals surface area contributed by atoms with Crippen LogP contribution in [0.25, 0.3) is 0 Å². The second-order valence-corrected chi connectivity index (χ2v) is 7.25. The summed E-state index contributed by atoms with van der Waals surface area (Å²) in [6.45, 7) is 6.82. The fourth-order valence-electron chi connectivity index (χ4n) is 2.07. The smallest absolute Gasteiger partial charge is 0.0910 e. The Bertz CT molecular complexity index is 759. The van der Waals surface area contributed by atoms with E-state index in [1.165, 1.54) is 0 Å². The van der Waals surface area contributed by atoms with Gasteiger partial charge in [0.25, 0.3) is 0 Å². The number of halogens is 1. The van der Waals surface area contributed by atoms with Gasteiger partial charge >= 0.3 is 0 Å². The Kier molecular flexibility index (Phi) is 5.97. The quantitative estimate of drug-likeness (QED) is 0.577. The van der Waals surface area contributed by atoms with Crippen LogP contribution in [0.1, 0.15) is 18.1 Å². The lowest BCUT2D eigenvalue weighted by molar-refractivity contribution is 0.552. The first kappa shape index (κ1) is 17.7. The van der Waals surface area contributed by atoms with E-state index in [9.17, 15) is 4.21 Å². The molecule has 0 aliphatic carbocycles. The van der Waals surface area contributed by atoms with Gasteiger partial charge < -0.3 is 4.90 Å². The first-order valence-corrected chi connectivity index (χ1v) is 8.98. The van der Waals surface area contributed by atoms with E-state index in [1.54, 1.807) is 12.4 Å². The van der Waals surface area contributed by atoms with Crippen molar-refractivity contribution in [1.29, 1.82) is 0 Å². The lowest BCUT2D eigenvalue weighted by Gasteiger charge is -2.12. The number of aryl methyl sites for hydroxylation is 2. The number of nitrogens with zero attached hydrogens (tertiary/aromatic N) is 2. The summed E-state index contributed by atoms with van der Waals surface area (Å²) >= 11 is 6.33. The second kappa shape index (κ2) is 7.75. The average Bonchev–Trinajstić information content (AvgIpc) is 2.54. The van der Waals surface area contributed by atoms with Crippen molar-refractivity contribution in [2.75, 3.05) is 13.6 Å². The summed E-state index contributed by atoms with van der Waals surface area (Å²) in [7, 11) is 0.701. The van der Waals surface area contributed by atoms with Gasteiger partial charge in [-0.15, -0.1) is 0 Å². The van der Waals surface area contributed by atoms with E-state index in [4.69, 9.17) is 11.6 Å². The highest BCUT2D eigenvalue weighted by atomic mass is 35.5. The van der Waals surface area contributed by atoms with Crippen molar-refractivity contribution in [3.63, 3.8) is 0 Å². The molecule has 0 fully saturated rings. The summed E-state index contributed by atoms with van der Waals surface area (Å²) in [5.74, 6) is 0. The zero-order valence-corrected chi connectivity index (χ0v) is 15.4. The van der Waals surface area contributed by atoms with E-state index in [0.717, 1.165) is 27.5 Å². The molecule has 0 aromatic heterocycles. The van der Waals surface area contributed by atoms with Crippen LogP contribution in [0.2, 0.25) is 5.02 Å². The molecule has 2 rings (SSSR count). The summed E-state index contributed by atoms with van der Waals surface area (Å²) in [6.07, 6.45) is 1.75. The van der Waals surface area contributed by atoms with E-state index in [-0.39, 0.29) is 0 Å². The summed E-state index contributed by atoms with van der Waals surface area (Å²) in [5, 5.41) is 0.508. The molecule has 0 heterocycles. The van der Waals surface area contributed by atoms with Crippen LogP contribution in [0.5, 0.6) is 0 Å². The summed E-state index contributed by atoms with van der Waals surface area (Å²) in [5.41, 5.74) is 2.62. The molecule has 122 valence electrons. The lowest BCUT2D eigenvalue weighted by atomic mass is 10.2. The summed E-state index contributed by atoms with van der Waals surface area (Å²) in [4.78, 5) is 7.90. The van der Waals surface area contributed by atoms with Crippen LogP contribution < -0.4 is 0 Å². The van der Waals surface area contributed by atoms with Crippen molar-refractivity contribution >= 4 is 34.4 Å². The zero-order chi connectivity index (χ0) is 17.0. The van der Waals surface area contributed by atoms with Crippen LogP contribution in [0.3, 0.4) is 0 Å². The van der Waals surface area contributed by atoms with Crippen molar-refractivity contribution in [3.05, 3.63) is 52.5 Å². The molecule has 0 saturated carbocycles. The van der Waals surface area contributed by atoms with Crippen molar-refractivity contribution in [3.8, 4) is 0 Å². The fourth-order valence-corrected chi connectivity index (χ4v) is 3.72. The van der Waals surface area contributed by atoms with Gasteiger partial charge in [0.2, 0.25) is 0 Å². The highest BCUT2D eigenvalue weighted by molar-refractivity contribution is 7.85. The van der Waals surface area contributed by atoms with Crippen LogP contribution in [0.15, 0.2) is 51.2 Å². The number of rotatable bonds is 5. The molecule has 0 spiro atoms. The van der Waals surface area contributed by atoms with Gasteiger partial charge in [-0.2, -0.15) is 0 Å². The van der Waals surface area contributed by atoms with E-state index in [1.807, 2.05) is 63.1 Å². The van der Waals surface area contributed by atoms with Crippen LogP contribution in [-0.2, 0) is 10.8 Å². The highest BCUT2D eigenvalue weighted by Gasteiger charge is 2.14. The maximum Gasteiger partial charge on any atom is 0.0910 e. The molecule has 0 saturated heterocycles. The van der Waals surface area contributed by atoms with Crippen molar-refractivity contribution in [2.24, 2.45) is 4.99 Å². The molecule has 5 heteroatoms. The van der Waals surface area contributed by atoms with Gasteiger partial charge in [-0.05, 0) is 50.1 Å². The minimum Gasteiger partial charge on any atom is -0.366 e. The van der Waals surface area contributed by atoms with Crippen LogP contribution in [0, 0.1) is 13.8 Å². The number of benzene rings is 2. The van der Waals surface area contributed by atoms with Crippen LogP contribution in [-0.4, -0.2) is 29.0 Å². The largest absolute Gasteiger partial charge is 0.366 e. The zero-order valence-electron chi connectivity index (χ0n) is 13.8. The lowest BCUT2D eigenvalue weighted by Crippen LogP contribution is -2.14. The van der Waals surface area contributed by atoms with E-state index in [2.05, 4.69) is 4.99 Å². The number of hydrogen-bond donors (Lipinski definition) is 0. The molecular weight excluding hydrogens is 328 g/mol. The fraction of sp³-hybridized carbons (Fsp3) is 0.278. The minimum absolute atomic E-state index is 0.508. The molecule has 0 aliphatic rings. The monoisotopic (exact) mass is 348 g/mol. The van der Waals surface area contributed by atoms with Gasteiger partial charge in [0, 0.05) is 23.4 Å². The van der Waals surface area contributed by atoms with Crippen LogP contribution >= 0.6 is 11.6 Å². The summed E-state index contributed by atoms with van der Waals surface area (Å²) in [6, 6.07) is 11.3. The van der Waals surface area contributed by atoms with Gasteiger partial charge in [0.15, 0.2) is 0 Å². The molecular formula is C18H21ClN2OS. The Balaban J connectivity index is 2.39. The van der Waals surface area contributed by atoms with E-state index in [0.29, 0.717) is 10.7 Å².